The van der Waals surface area contributed by atoms with Crippen LogP contribution in [0.1, 0.15) is 5.82 Å². The standard InChI is InChI=1S/C15H13ClFN5O2S2/c1-22-12(7-24-9-2-3-11(17)10(16)6-9)20-21-15(22)26-8-13(23)19-14-18-4-5-25-14/h2-6H,7-8H2,1H3,(H,18,19,23). The zero-order valence-corrected chi connectivity index (χ0v) is 15.9. The summed E-state index contributed by atoms with van der Waals surface area (Å²) in [5.41, 5.74) is 0. The number of nitrogens with one attached hydrogen (secondary N) is 1. The molecule has 7 nitrogen and oxygen atoms in total. The lowest BCUT2D eigenvalue weighted by molar-refractivity contribution is -0.113. The lowest BCUT2D eigenvalue weighted by Gasteiger charge is -2.07. The fourth-order valence-corrected chi connectivity index (χ4v) is 3.33. The predicted octanol–water partition coefficient (Wildman–Crippen LogP) is 3.37. The third kappa shape index (κ3) is 4.71. The quantitative estimate of drug-likeness (QED) is 0.598. The van der Waals surface area contributed by atoms with E-state index in [2.05, 4.69) is 20.5 Å². The van der Waals surface area contributed by atoms with Crippen molar-refractivity contribution in [3.05, 3.63) is 46.4 Å². The molecule has 0 fully saturated rings. The zero-order chi connectivity index (χ0) is 18.5. The van der Waals surface area contributed by atoms with Gasteiger partial charge in [-0.1, -0.05) is 23.4 Å². The molecule has 26 heavy (non-hydrogen) atoms. The van der Waals surface area contributed by atoms with E-state index in [-0.39, 0.29) is 23.3 Å². The highest BCUT2D eigenvalue weighted by molar-refractivity contribution is 7.99. The molecule has 0 aliphatic heterocycles. The highest BCUT2D eigenvalue weighted by Gasteiger charge is 2.13. The fourth-order valence-electron chi connectivity index (χ4n) is 1.88. The van der Waals surface area contributed by atoms with Crippen LogP contribution in [0, 0.1) is 5.82 Å². The predicted molar refractivity (Wildman–Crippen MR) is 98.2 cm³/mol. The van der Waals surface area contributed by atoms with Crippen molar-refractivity contribution in [1.29, 1.82) is 0 Å². The van der Waals surface area contributed by atoms with E-state index in [1.54, 1.807) is 23.2 Å². The molecule has 2 aromatic heterocycles. The van der Waals surface area contributed by atoms with Crippen molar-refractivity contribution in [2.45, 2.75) is 11.8 Å². The third-order valence-electron chi connectivity index (χ3n) is 3.20. The lowest BCUT2D eigenvalue weighted by atomic mass is 10.3. The molecule has 1 amide bonds. The summed E-state index contributed by atoms with van der Waals surface area (Å²) in [6, 6.07) is 4.11. The van der Waals surface area contributed by atoms with Gasteiger partial charge in [-0.25, -0.2) is 9.37 Å². The Hall–Kier alpha value is -2.17. The second kappa shape index (κ2) is 8.47. The lowest BCUT2D eigenvalue weighted by Crippen LogP contribution is -2.14. The Kier molecular flexibility index (Phi) is 6.07. The maximum atomic E-state index is 13.1. The van der Waals surface area contributed by atoms with Gasteiger partial charge in [-0.2, -0.15) is 0 Å². The van der Waals surface area contributed by atoms with E-state index < -0.39 is 5.82 Å². The maximum absolute atomic E-state index is 13.1. The van der Waals surface area contributed by atoms with Crippen LogP contribution in [0.5, 0.6) is 5.75 Å². The average Bonchev–Trinajstić information content (AvgIpc) is 3.24. The Morgan fingerprint density at radius 2 is 2.31 bits per heavy atom. The number of aromatic nitrogens is 4. The molecule has 1 N–H and O–H groups in total. The van der Waals surface area contributed by atoms with E-state index >= 15 is 0 Å². The molecule has 0 saturated carbocycles. The van der Waals surface area contributed by atoms with Crippen LogP contribution in [0.2, 0.25) is 5.02 Å². The van der Waals surface area contributed by atoms with Crippen molar-refractivity contribution in [3.63, 3.8) is 0 Å². The number of anilines is 1. The summed E-state index contributed by atoms with van der Waals surface area (Å²) in [7, 11) is 1.78. The number of thioether (sulfide) groups is 1. The smallest absolute Gasteiger partial charge is 0.236 e. The van der Waals surface area contributed by atoms with Crippen LogP contribution < -0.4 is 10.1 Å². The van der Waals surface area contributed by atoms with Gasteiger partial charge < -0.3 is 14.6 Å². The number of amides is 1. The topological polar surface area (TPSA) is 81.9 Å². The normalized spacial score (nSPS) is 10.7. The van der Waals surface area contributed by atoms with Gasteiger partial charge >= 0.3 is 0 Å². The van der Waals surface area contributed by atoms with Crippen LogP contribution in [0.15, 0.2) is 34.9 Å². The molecular formula is C15H13ClFN5O2S2. The molecule has 11 heteroatoms. The first-order valence-corrected chi connectivity index (χ1v) is 9.55. The minimum atomic E-state index is -0.507. The van der Waals surface area contributed by atoms with Gasteiger partial charge in [0, 0.05) is 24.7 Å². The first kappa shape index (κ1) is 18.6. The monoisotopic (exact) mass is 413 g/mol. The molecule has 0 aliphatic rings. The van der Waals surface area contributed by atoms with Crippen LogP contribution in [0.3, 0.4) is 0 Å². The number of hydrogen-bond acceptors (Lipinski definition) is 7. The largest absolute Gasteiger partial charge is 0.486 e. The van der Waals surface area contributed by atoms with Gasteiger partial charge in [0.05, 0.1) is 10.8 Å². The molecule has 0 bridgehead atoms. The molecule has 2 heterocycles. The molecule has 136 valence electrons. The first-order valence-electron chi connectivity index (χ1n) is 7.31. The summed E-state index contributed by atoms with van der Waals surface area (Å²) < 4.78 is 20.4. The molecule has 0 spiro atoms. The summed E-state index contributed by atoms with van der Waals surface area (Å²) in [4.78, 5) is 15.9. The van der Waals surface area contributed by atoms with Gasteiger partial charge in [-0.05, 0) is 12.1 Å². The molecule has 0 saturated heterocycles. The van der Waals surface area contributed by atoms with E-state index in [1.165, 1.54) is 41.3 Å². The molecule has 0 unspecified atom stereocenters. The van der Waals surface area contributed by atoms with Crippen LogP contribution in [-0.2, 0) is 18.4 Å². The first-order chi connectivity index (χ1) is 12.5. The summed E-state index contributed by atoms with van der Waals surface area (Å²) in [6.07, 6.45) is 1.62. The minimum absolute atomic E-state index is 0.0112. The van der Waals surface area contributed by atoms with Crippen molar-refractivity contribution >= 4 is 45.7 Å². The van der Waals surface area contributed by atoms with Crippen molar-refractivity contribution in [2.75, 3.05) is 11.1 Å². The van der Waals surface area contributed by atoms with Crippen LogP contribution in [-0.4, -0.2) is 31.4 Å². The number of carbonyl (C=O) groups excluding carboxylic acids is 1. The SMILES string of the molecule is Cn1c(COc2ccc(F)c(Cl)c2)nnc1SCC(=O)Nc1nccs1. The van der Waals surface area contributed by atoms with Crippen LogP contribution >= 0.6 is 34.7 Å². The Morgan fingerprint density at radius 3 is 3.04 bits per heavy atom. The van der Waals surface area contributed by atoms with Crippen LogP contribution in [0.25, 0.3) is 0 Å². The molecule has 3 aromatic rings. The Morgan fingerprint density at radius 1 is 1.46 bits per heavy atom. The van der Waals surface area contributed by atoms with E-state index in [1.807, 2.05) is 0 Å². The highest BCUT2D eigenvalue weighted by atomic mass is 35.5. The van der Waals surface area contributed by atoms with Gasteiger partial charge in [0.1, 0.15) is 18.2 Å². The Labute approximate surface area is 161 Å². The van der Waals surface area contributed by atoms with E-state index in [0.717, 1.165) is 0 Å². The number of halogens is 2. The second-order valence-corrected chi connectivity index (χ2v) is 7.24. The van der Waals surface area contributed by atoms with E-state index in [9.17, 15) is 9.18 Å². The number of carbonyl (C=O) groups is 1. The second-order valence-electron chi connectivity index (χ2n) is 5.00. The molecule has 3 rings (SSSR count). The summed E-state index contributed by atoms with van der Waals surface area (Å²) in [5, 5.41) is 13.7. The average molecular weight is 414 g/mol. The highest BCUT2D eigenvalue weighted by Crippen LogP contribution is 2.22. The summed E-state index contributed by atoms with van der Waals surface area (Å²) in [6.45, 7) is 0.136. The molecule has 0 atom stereocenters. The number of nitrogens with zero attached hydrogens (tertiary/aromatic N) is 4. The van der Waals surface area contributed by atoms with Crippen LogP contribution in [0.4, 0.5) is 9.52 Å². The summed E-state index contributed by atoms with van der Waals surface area (Å²) >= 11 is 8.32. The molecular weight excluding hydrogens is 401 g/mol. The van der Waals surface area contributed by atoms with Gasteiger partial charge in [-0.3, -0.25) is 4.79 Å². The van der Waals surface area contributed by atoms with Gasteiger partial charge in [-0.15, -0.1) is 21.5 Å². The number of benzene rings is 1. The van der Waals surface area contributed by atoms with Crippen molar-refractivity contribution in [2.24, 2.45) is 7.05 Å². The van der Waals surface area contributed by atoms with Crippen molar-refractivity contribution in [3.8, 4) is 5.75 Å². The number of ether oxygens (including phenoxy) is 1. The number of thiazole rings is 1. The Balaban J connectivity index is 1.53. The molecule has 0 radical (unpaired) electrons. The van der Waals surface area contributed by atoms with Gasteiger partial charge in [0.25, 0.3) is 0 Å². The zero-order valence-electron chi connectivity index (χ0n) is 13.5. The van der Waals surface area contributed by atoms with Gasteiger partial charge in [0.15, 0.2) is 16.1 Å². The van der Waals surface area contributed by atoms with Gasteiger partial charge in [0.2, 0.25) is 5.91 Å². The Bertz CT molecular complexity index is 904. The van der Waals surface area contributed by atoms with Crippen molar-refractivity contribution in [1.82, 2.24) is 19.7 Å². The maximum Gasteiger partial charge on any atom is 0.236 e. The third-order valence-corrected chi connectivity index (χ3v) is 5.19. The number of hydrogen-bond donors (Lipinski definition) is 1. The van der Waals surface area contributed by atoms with E-state index in [4.69, 9.17) is 16.3 Å². The fraction of sp³-hybridized carbons (Fsp3) is 0.200. The minimum Gasteiger partial charge on any atom is -0.486 e. The van der Waals surface area contributed by atoms with Crippen molar-refractivity contribution < 1.29 is 13.9 Å². The van der Waals surface area contributed by atoms with E-state index in [0.29, 0.717) is 21.9 Å². The molecule has 1 aromatic carbocycles. The molecule has 0 aliphatic carbocycles. The summed E-state index contributed by atoms with van der Waals surface area (Å²) in [5.74, 6) is 0.490. The number of rotatable bonds is 7.